The van der Waals surface area contributed by atoms with Gasteiger partial charge in [-0.15, -0.1) is 11.3 Å². The Balaban J connectivity index is 1.59. The molecule has 1 saturated heterocycles. The van der Waals surface area contributed by atoms with Crippen LogP contribution in [0.4, 0.5) is 0 Å². The normalized spacial score (nSPS) is 15.9. The fourth-order valence-electron chi connectivity index (χ4n) is 3.57. The topological polar surface area (TPSA) is 61.4 Å². The van der Waals surface area contributed by atoms with Gasteiger partial charge in [0.2, 0.25) is 5.91 Å². The Bertz CT molecular complexity index is 837. The van der Waals surface area contributed by atoms with Crippen LogP contribution in [0.15, 0.2) is 59.5 Å². The van der Waals surface area contributed by atoms with Crippen LogP contribution in [-0.2, 0) is 11.2 Å². The monoisotopic (exact) mass is 425 g/mol. The van der Waals surface area contributed by atoms with Crippen molar-refractivity contribution in [2.45, 2.75) is 45.2 Å². The Morgan fingerprint density at radius 3 is 2.50 bits per heavy atom. The molecule has 2 N–H and O–H groups in total. The molecule has 3 rings (SSSR count). The van der Waals surface area contributed by atoms with Gasteiger partial charge in [-0.3, -0.25) is 14.5 Å². The van der Waals surface area contributed by atoms with E-state index in [4.69, 9.17) is 0 Å². The molecule has 5 nitrogen and oxygen atoms in total. The van der Waals surface area contributed by atoms with Crippen LogP contribution in [0.3, 0.4) is 0 Å². The second-order valence-electron chi connectivity index (χ2n) is 8.06. The number of piperidine rings is 1. The van der Waals surface area contributed by atoms with E-state index in [1.165, 1.54) is 16.9 Å². The van der Waals surface area contributed by atoms with E-state index in [1.54, 1.807) is 6.07 Å². The number of allylic oxidation sites excluding steroid dienone is 1. The van der Waals surface area contributed by atoms with Crippen LogP contribution in [0, 0.1) is 0 Å². The number of hydrogen-bond acceptors (Lipinski definition) is 4. The van der Waals surface area contributed by atoms with Gasteiger partial charge in [-0.25, -0.2) is 0 Å². The highest BCUT2D eigenvalue weighted by Crippen LogP contribution is 2.13. The Morgan fingerprint density at radius 2 is 1.87 bits per heavy atom. The number of nitrogens with zero attached hydrogens (tertiary/aromatic N) is 1. The van der Waals surface area contributed by atoms with Gasteiger partial charge in [0.25, 0.3) is 5.91 Å². The van der Waals surface area contributed by atoms with Crippen molar-refractivity contribution in [3.63, 3.8) is 0 Å². The van der Waals surface area contributed by atoms with Gasteiger partial charge >= 0.3 is 0 Å². The maximum Gasteiger partial charge on any atom is 0.262 e. The summed E-state index contributed by atoms with van der Waals surface area (Å²) in [5.74, 6) is -0.302. The summed E-state index contributed by atoms with van der Waals surface area (Å²) in [6.45, 7) is 7.14. The Hall–Kier alpha value is -2.44. The molecule has 1 aromatic heterocycles. The van der Waals surface area contributed by atoms with Crippen molar-refractivity contribution >= 4 is 23.2 Å². The van der Waals surface area contributed by atoms with Gasteiger partial charge in [0.15, 0.2) is 0 Å². The van der Waals surface area contributed by atoms with Gasteiger partial charge in [0, 0.05) is 32.1 Å². The number of carbonyl (C=O) groups is 2. The van der Waals surface area contributed by atoms with E-state index in [2.05, 4.69) is 35.5 Å². The van der Waals surface area contributed by atoms with Crippen molar-refractivity contribution in [1.29, 1.82) is 0 Å². The smallest absolute Gasteiger partial charge is 0.262 e. The predicted molar refractivity (Wildman–Crippen MR) is 123 cm³/mol. The third-order valence-electron chi connectivity index (χ3n) is 5.34. The van der Waals surface area contributed by atoms with Gasteiger partial charge < -0.3 is 10.6 Å². The quantitative estimate of drug-likeness (QED) is 0.635. The summed E-state index contributed by atoms with van der Waals surface area (Å²) >= 11 is 1.38. The van der Waals surface area contributed by atoms with E-state index in [0.717, 1.165) is 38.0 Å². The second-order valence-corrected chi connectivity index (χ2v) is 9.01. The molecule has 2 amide bonds. The predicted octanol–water partition coefficient (Wildman–Crippen LogP) is 3.64. The maximum absolute atomic E-state index is 13.1. The van der Waals surface area contributed by atoms with E-state index < -0.39 is 6.04 Å². The lowest BCUT2D eigenvalue weighted by molar-refractivity contribution is -0.124. The van der Waals surface area contributed by atoms with Crippen LogP contribution >= 0.6 is 11.3 Å². The Kier molecular flexibility index (Phi) is 8.22. The molecule has 1 aliphatic heterocycles. The first-order valence-corrected chi connectivity index (χ1v) is 11.4. The largest absolute Gasteiger partial charge is 0.351 e. The number of carbonyl (C=O) groups excluding carboxylic acids is 2. The first-order valence-electron chi connectivity index (χ1n) is 10.6. The zero-order valence-electron chi connectivity index (χ0n) is 17.8. The summed E-state index contributed by atoms with van der Waals surface area (Å²) in [6, 6.07) is 13.0. The van der Waals surface area contributed by atoms with E-state index >= 15 is 0 Å². The highest BCUT2D eigenvalue weighted by molar-refractivity contribution is 7.12. The van der Waals surface area contributed by atoms with Crippen molar-refractivity contribution < 1.29 is 9.59 Å². The van der Waals surface area contributed by atoms with E-state index in [9.17, 15) is 9.59 Å². The summed E-state index contributed by atoms with van der Waals surface area (Å²) in [5.41, 5.74) is 2.36. The molecule has 0 saturated carbocycles. The van der Waals surface area contributed by atoms with Crippen LogP contribution in [0.1, 0.15) is 41.9 Å². The zero-order valence-corrected chi connectivity index (χ0v) is 18.6. The molecule has 1 aliphatic rings. The van der Waals surface area contributed by atoms with E-state index in [-0.39, 0.29) is 17.9 Å². The summed E-state index contributed by atoms with van der Waals surface area (Å²) in [7, 11) is 0. The summed E-state index contributed by atoms with van der Waals surface area (Å²) in [4.78, 5) is 28.7. The molecule has 2 aromatic rings. The molecular formula is C24H31N3O2S. The SMILES string of the molecule is CC(C)=CCN1CCC(NC(=O)C(Cc2ccccc2)NC(=O)c2cccs2)CC1. The zero-order chi connectivity index (χ0) is 21.3. The van der Waals surface area contributed by atoms with Gasteiger partial charge in [-0.1, -0.05) is 48.0 Å². The minimum atomic E-state index is -0.592. The molecule has 6 heteroatoms. The molecule has 0 spiro atoms. The van der Waals surface area contributed by atoms with Gasteiger partial charge in [0.05, 0.1) is 4.88 Å². The first kappa shape index (κ1) is 22.2. The third-order valence-corrected chi connectivity index (χ3v) is 6.21. The van der Waals surface area contributed by atoms with Crippen LogP contribution in [0.5, 0.6) is 0 Å². The molecule has 1 atom stereocenters. The van der Waals surface area contributed by atoms with Crippen molar-refractivity contribution in [2.75, 3.05) is 19.6 Å². The highest BCUT2D eigenvalue weighted by atomic mass is 32.1. The average Bonchev–Trinajstić information content (AvgIpc) is 3.28. The van der Waals surface area contributed by atoms with Crippen LogP contribution in [0.2, 0.25) is 0 Å². The minimum Gasteiger partial charge on any atom is -0.351 e. The number of benzene rings is 1. The molecule has 0 radical (unpaired) electrons. The molecule has 160 valence electrons. The average molecular weight is 426 g/mol. The second kappa shape index (κ2) is 11.1. The first-order chi connectivity index (χ1) is 14.5. The molecule has 30 heavy (non-hydrogen) atoms. The lowest BCUT2D eigenvalue weighted by atomic mass is 10.0. The number of rotatable bonds is 8. The Morgan fingerprint density at radius 1 is 1.13 bits per heavy atom. The fraction of sp³-hybridized carbons (Fsp3) is 0.417. The number of thiophene rings is 1. The maximum atomic E-state index is 13.1. The number of likely N-dealkylation sites (tertiary alicyclic amines) is 1. The number of amides is 2. The number of hydrogen-bond donors (Lipinski definition) is 2. The summed E-state index contributed by atoms with van der Waals surface area (Å²) in [6.07, 6.45) is 4.58. The van der Waals surface area contributed by atoms with Gasteiger partial charge in [0.1, 0.15) is 6.04 Å². The molecule has 2 heterocycles. The fourth-order valence-corrected chi connectivity index (χ4v) is 4.20. The molecule has 0 aliphatic carbocycles. The lowest BCUT2D eigenvalue weighted by Gasteiger charge is -2.32. The van der Waals surface area contributed by atoms with Crippen LogP contribution < -0.4 is 10.6 Å². The van der Waals surface area contributed by atoms with Crippen LogP contribution in [0.25, 0.3) is 0 Å². The van der Waals surface area contributed by atoms with Crippen molar-refractivity contribution in [2.24, 2.45) is 0 Å². The van der Waals surface area contributed by atoms with Gasteiger partial charge in [-0.05, 0) is 43.7 Å². The minimum absolute atomic E-state index is 0.105. The molecule has 1 unspecified atom stereocenters. The van der Waals surface area contributed by atoms with Crippen molar-refractivity contribution in [3.8, 4) is 0 Å². The third kappa shape index (κ3) is 6.82. The van der Waals surface area contributed by atoms with Gasteiger partial charge in [-0.2, -0.15) is 0 Å². The molecule has 0 bridgehead atoms. The van der Waals surface area contributed by atoms with Crippen LogP contribution in [-0.4, -0.2) is 48.4 Å². The number of nitrogens with one attached hydrogen (secondary N) is 2. The standard InChI is InChI=1S/C24H31N3O2S/c1-18(2)10-13-27-14-11-20(12-15-27)25-23(28)21(17-19-7-4-3-5-8-19)26-24(29)22-9-6-16-30-22/h3-10,16,20-21H,11-15,17H2,1-2H3,(H,25,28)(H,26,29). The molecule has 1 aromatic carbocycles. The van der Waals surface area contributed by atoms with Crippen molar-refractivity contribution in [3.05, 3.63) is 69.9 Å². The molecule has 1 fully saturated rings. The van der Waals surface area contributed by atoms with E-state index in [0.29, 0.717) is 11.3 Å². The van der Waals surface area contributed by atoms with Crippen molar-refractivity contribution in [1.82, 2.24) is 15.5 Å². The highest BCUT2D eigenvalue weighted by Gasteiger charge is 2.26. The lowest BCUT2D eigenvalue weighted by Crippen LogP contribution is -2.52. The van der Waals surface area contributed by atoms with E-state index in [1.807, 2.05) is 41.8 Å². The summed E-state index contributed by atoms with van der Waals surface area (Å²) < 4.78 is 0. The Labute approximate surface area is 183 Å². The summed E-state index contributed by atoms with van der Waals surface area (Å²) in [5, 5.41) is 7.99. The molecular weight excluding hydrogens is 394 g/mol.